The first-order valence-electron chi connectivity index (χ1n) is 17.5. The second kappa shape index (κ2) is 12.8. The molecule has 0 spiro atoms. The first-order valence-corrected chi connectivity index (χ1v) is 17.5. The molecule has 0 radical (unpaired) electrons. The number of aromatic nitrogens is 1. The minimum absolute atomic E-state index is 0.0163. The van der Waals surface area contributed by atoms with Gasteiger partial charge in [0.1, 0.15) is 17.2 Å². The zero-order valence-electron chi connectivity index (χ0n) is 29.5. The zero-order chi connectivity index (χ0) is 36.4. The lowest BCUT2D eigenvalue weighted by Gasteiger charge is -2.49. The highest BCUT2D eigenvalue weighted by Gasteiger charge is 2.46. The van der Waals surface area contributed by atoms with Gasteiger partial charge in [0.05, 0.1) is 47.2 Å². The van der Waals surface area contributed by atoms with E-state index in [1.807, 2.05) is 37.8 Å². The topological polar surface area (TPSA) is 133 Å². The van der Waals surface area contributed by atoms with Gasteiger partial charge in [0.15, 0.2) is 6.23 Å². The number of benzene rings is 3. The number of fused-ring (bicyclic) bond motifs is 1. The number of carbonyl (C=O) groups is 2. The van der Waals surface area contributed by atoms with E-state index in [2.05, 4.69) is 59.0 Å². The number of halogens is 1. The molecule has 268 valence electrons. The van der Waals surface area contributed by atoms with Gasteiger partial charge in [-0.2, -0.15) is 5.26 Å². The molecule has 3 aromatic carbocycles. The molecule has 4 aliphatic rings. The van der Waals surface area contributed by atoms with E-state index in [0.29, 0.717) is 32.7 Å². The number of anilines is 3. The molecule has 8 rings (SSSR count). The number of ether oxygens (including phenoxy) is 1. The number of amides is 2. The van der Waals surface area contributed by atoms with Gasteiger partial charge in [-0.3, -0.25) is 19.3 Å². The lowest BCUT2D eigenvalue weighted by Crippen LogP contribution is -2.62. The van der Waals surface area contributed by atoms with E-state index in [1.165, 1.54) is 6.07 Å². The normalized spacial score (nSPS) is 20.0. The molecule has 1 aromatic heterocycles. The maximum atomic E-state index is 15.5. The lowest BCUT2D eigenvalue weighted by atomic mass is 9.94. The van der Waals surface area contributed by atoms with E-state index in [0.717, 1.165) is 68.9 Å². The van der Waals surface area contributed by atoms with Crippen LogP contribution in [0, 0.1) is 37.9 Å². The summed E-state index contributed by atoms with van der Waals surface area (Å²) in [6, 6.07) is 19.6. The van der Waals surface area contributed by atoms with Gasteiger partial charge in [-0.05, 0) is 87.6 Å². The third-order valence-electron chi connectivity index (χ3n) is 10.7. The highest BCUT2D eigenvalue weighted by Crippen LogP contribution is 2.48. The van der Waals surface area contributed by atoms with Crippen molar-refractivity contribution in [1.82, 2.24) is 15.7 Å². The van der Waals surface area contributed by atoms with Crippen molar-refractivity contribution in [3.8, 4) is 17.2 Å². The molecule has 12 nitrogen and oxygen atoms in total. The molecule has 13 heteroatoms. The standard InChI is InChI=1S/C39H39FN6O6/c1-23-5-6-26(35-24(2)42-51-25(35)3)17-32(23)45(28-9-7-27(8-10-28)39(20-41)12-13-39)14-16-49-38(4)21-44(22-38)33-19-30-29(18-31(33)40)36(47)46(37(30)48)34-11-15-50-43-52-34/h5-10,17-19,34,43H,11-16,21-22H2,1-4H3. The van der Waals surface area contributed by atoms with Crippen molar-refractivity contribution >= 4 is 28.9 Å². The van der Waals surface area contributed by atoms with Crippen molar-refractivity contribution in [1.29, 1.82) is 5.26 Å². The maximum absolute atomic E-state index is 15.5. The third kappa shape index (κ3) is 5.81. The minimum atomic E-state index is -0.847. The average Bonchev–Trinajstić information content (AvgIpc) is 3.81. The van der Waals surface area contributed by atoms with Crippen molar-refractivity contribution < 1.29 is 32.9 Å². The fraction of sp³-hybridized carbons (Fsp3) is 0.385. The fourth-order valence-electron chi connectivity index (χ4n) is 7.60. The first kappa shape index (κ1) is 34.0. The number of nitriles is 1. The van der Waals surface area contributed by atoms with Crippen LogP contribution in [0.4, 0.5) is 21.5 Å². The lowest BCUT2D eigenvalue weighted by molar-refractivity contribution is -0.259. The van der Waals surface area contributed by atoms with Crippen LogP contribution in [0.3, 0.4) is 0 Å². The van der Waals surface area contributed by atoms with Gasteiger partial charge >= 0.3 is 0 Å². The largest absolute Gasteiger partial charge is 0.370 e. The van der Waals surface area contributed by atoms with Gasteiger partial charge in [-0.25, -0.2) is 9.29 Å². The predicted octanol–water partition coefficient (Wildman–Crippen LogP) is 6.17. The first-order chi connectivity index (χ1) is 25.0. The second-order valence-electron chi connectivity index (χ2n) is 14.4. The number of carbonyl (C=O) groups excluding carboxylic acids is 2. The van der Waals surface area contributed by atoms with Crippen molar-refractivity contribution in [3.05, 3.63) is 94.1 Å². The van der Waals surface area contributed by atoms with Gasteiger partial charge in [0, 0.05) is 43.0 Å². The Kier molecular flexibility index (Phi) is 8.38. The summed E-state index contributed by atoms with van der Waals surface area (Å²) in [5.74, 6) is -0.961. The molecular formula is C39H39FN6O6. The fourth-order valence-corrected chi connectivity index (χ4v) is 7.60. The van der Waals surface area contributed by atoms with Gasteiger partial charge < -0.3 is 19.1 Å². The van der Waals surface area contributed by atoms with Crippen LogP contribution in [0.2, 0.25) is 0 Å². The van der Waals surface area contributed by atoms with E-state index >= 15 is 4.39 Å². The number of rotatable bonds is 10. The Morgan fingerprint density at radius 1 is 1.06 bits per heavy atom. The van der Waals surface area contributed by atoms with Crippen LogP contribution >= 0.6 is 0 Å². The number of nitrogens with one attached hydrogen (secondary N) is 1. The molecule has 1 atom stereocenters. The summed E-state index contributed by atoms with van der Waals surface area (Å²) < 4.78 is 27.4. The molecular weight excluding hydrogens is 667 g/mol. The summed E-state index contributed by atoms with van der Waals surface area (Å²) in [5, 5.41) is 13.9. The van der Waals surface area contributed by atoms with Crippen molar-refractivity contribution in [2.75, 3.05) is 42.6 Å². The second-order valence-corrected chi connectivity index (χ2v) is 14.4. The van der Waals surface area contributed by atoms with E-state index < -0.39 is 29.5 Å². The molecule has 4 heterocycles. The molecule has 1 unspecified atom stereocenters. The zero-order valence-corrected chi connectivity index (χ0v) is 29.5. The number of hydrogen-bond donors (Lipinski definition) is 1. The highest BCUT2D eigenvalue weighted by molar-refractivity contribution is 6.22. The van der Waals surface area contributed by atoms with E-state index in [9.17, 15) is 14.9 Å². The summed E-state index contributed by atoms with van der Waals surface area (Å²) in [4.78, 5) is 41.5. The van der Waals surface area contributed by atoms with Crippen LogP contribution in [0.5, 0.6) is 0 Å². The highest BCUT2D eigenvalue weighted by atomic mass is 19.1. The van der Waals surface area contributed by atoms with Crippen LogP contribution in [-0.2, 0) is 19.8 Å². The number of imide groups is 1. The Hall–Kier alpha value is -5.13. The minimum Gasteiger partial charge on any atom is -0.370 e. The SMILES string of the molecule is Cc1ccc(-c2c(C)noc2C)cc1N(CCOC1(C)CN(c2cc3c(cc2F)C(=O)N(C2CCONO2)C3=O)C1)c1ccc(C2(C#N)CC2)cc1. The molecule has 4 aromatic rings. The monoisotopic (exact) mass is 706 g/mol. The predicted molar refractivity (Wildman–Crippen MR) is 188 cm³/mol. The summed E-state index contributed by atoms with van der Waals surface area (Å²) in [7, 11) is 0. The van der Waals surface area contributed by atoms with E-state index in [4.69, 9.17) is 18.9 Å². The molecule has 2 amide bonds. The maximum Gasteiger partial charge on any atom is 0.263 e. The van der Waals surface area contributed by atoms with E-state index in [1.54, 1.807) is 0 Å². The Balaban J connectivity index is 0.993. The molecule has 0 bridgehead atoms. The Morgan fingerprint density at radius 2 is 1.79 bits per heavy atom. The van der Waals surface area contributed by atoms with Crippen LogP contribution < -0.4 is 15.4 Å². The van der Waals surface area contributed by atoms with Crippen molar-refractivity contribution in [3.63, 3.8) is 0 Å². The van der Waals surface area contributed by atoms with Crippen molar-refractivity contribution in [2.45, 2.75) is 64.2 Å². The van der Waals surface area contributed by atoms with Crippen LogP contribution in [0.25, 0.3) is 11.1 Å². The molecule has 3 aliphatic heterocycles. The van der Waals surface area contributed by atoms with Gasteiger partial charge in [0.2, 0.25) is 0 Å². The van der Waals surface area contributed by atoms with Gasteiger partial charge in [-0.1, -0.05) is 35.1 Å². The van der Waals surface area contributed by atoms with Gasteiger partial charge in [-0.15, -0.1) is 0 Å². The third-order valence-corrected chi connectivity index (χ3v) is 10.7. The Labute approximate surface area is 300 Å². The molecule has 1 saturated carbocycles. The molecule has 3 fully saturated rings. The molecule has 1 aliphatic carbocycles. The molecule has 1 N–H and O–H groups in total. The Bertz CT molecular complexity index is 2090. The average molecular weight is 707 g/mol. The molecule has 52 heavy (non-hydrogen) atoms. The summed E-state index contributed by atoms with van der Waals surface area (Å²) in [5.41, 5.74) is 8.57. The van der Waals surface area contributed by atoms with E-state index in [-0.39, 0.29) is 28.8 Å². The number of hydrogen-bond acceptors (Lipinski definition) is 11. The summed E-state index contributed by atoms with van der Waals surface area (Å²) in [6.45, 7) is 9.84. The number of aryl methyl sites for hydroxylation is 3. The smallest absolute Gasteiger partial charge is 0.263 e. The van der Waals surface area contributed by atoms with Crippen LogP contribution in [-0.4, -0.2) is 66.5 Å². The Morgan fingerprint density at radius 3 is 2.42 bits per heavy atom. The molecule has 2 saturated heterocycles. The summed E-state index contributed by atoms with van der Waals surface area (Å²) in [6.07, 6.45) is 1.20. The van der Waals surface area contributed by atoms with Crippen molar-refractivity contribution in [2.24, 2.45) is 0 Å². The van der Waals surface area contributed by atoms with Gasteiger partial charge in [0.25, 0.3) is 11.8 Å². The quantitative estimate of drug-likeness (QED) is 0.190. The summed E-state index contributed by atoms with van der Waals surface area (Å²) >= 11 is 0. The number of nitrogens with zero attached hydrogens (tertiary/aromatic N) is 5. The van der Waals surface area contributed by atoms with Crippen LogP contribution in [0.15, 0.2) is 59.1 Å². The van der Waals surface area contributed by atoms with Crippen LogP contribution in [0.1, 0.15) is 69.5 Å².